The molecule has 1 amide bonds. The van der Waals surface area contributed by atoms with E-state index in [1.807, 2.05) is 31.2 Å². The summed E-state index contributed by atoms with van der Waals surface area (Å²) in [6, 6.07) is 12.7. The SMILES string of the molecule is C[C@@H]1Cc2ccccc2N1C(=O)COC(=O)Cc1ccc(Cl)cc1Cl. The van der Waals surface area contributed by atoms with Crippen molar-refractivity contribution in [3.05, 3.63) is 63.6 Å². The van der Waals surface area contributed by atoms with Crippen LogP contribution < -0.4 is 4.90 Å². The molecule has 0 N–H and O–H groups in total. The molecule has 2 aromatic rings. The normalized spacial score (nSPS) is 15.8. The Labute approximate surface area is 156 Å². The molecule has 1 aliphatic heterocycles. The van der Waals surface area contributed by atoms with Gasteiger partial charge in [0.05, 0.1) is 6.42 Å². The van der Waals surface area contributed by atoms with Crippen molar-refractivity contribution in [1.29, 1.82) is 0 Å². The Balaban J connectivity index is 1.60. The van der Waals surface area contributed by atoms with Crippen molar-refractivity contribution >= 4 is 40.8 Å². The summed E-state index contributed by atoms with van der Waals surface area (Å²) in [6.45, 7) is 1.69. The molecular formula is C19H17Cl2NO3. The zero-order valence-corrected chi connectivity index (χ0v) is 15.2. The number of hydrogen-bond donors (Lipinski definition) is 0. The van der Waals surface area contributed by atoms with Crippen LogP contribution in [-0.4, -0.2) is 24.5 Å². The number of benzene rings is 2. The molecule has 1 heterocycles. The molecule has 0 fully saturated rings. The zero-order chi connectivity index (χ0) is 18.0. The summed E-state index contributed by atoms with van der Waals surface area (Å²) in [5, 5.41) is 0.900. The van der Waals surface area contributed by atoms with Crippen molar-refractivity contribution in [3.63, 3.8) is 0 Å². The van der Waals surface area contributed by atoms with Crippen molar-refractivity contribution in [2.75, 3.05) is 11.5 Å². The highest BCUT2D eigenvalue weighted by Gasteiger charge is 2.30. The molecule has 1 aliphatic rings. The molecule has 0 radical (unpaired) electrons. The van der Waals surface area contributed by atoms with Crippen LogP contribution in [0.3, 0.4) is 0 Å². The van der Waals surface area contributed by atoms with Crippen molar-refractivity contribution < 1.29 is 14.3 Å². The quantitative estimate of drug-likeness (QED) is 0.754. The lowest BCUT2D eigenvalue weighted by atomic mass is 10.1. The molecule has 6 heteroatoms. The van der Waals surface area contributed by atoms with E-state index in [2.05, 4.69) is 0 Å². The molecule has 0 spiro atoms. The summed E-state index contributed by atoms with van der Waals surface area (Å²) in [6.07, 6.45) is 0.797. The summed E-state index contributed by atoms with van der Waals surface area (Å²) in [7, 11) is 0. The molecule has 25 heavy (non-hydrogen) atoms. The Morgan fingerprint density at radius 2 is 1.96 bits per heavy atom. The summed E-state index contributed by atoms with van der Waals surface area (Å²) in [5.41, 5.74) is 2.63. The number of para-hydroxylation sites is 1. The van der Waals surface area contributed by atoms with Crippen LogP contribution >= 0.6 is 23.2 Å². The standard InChI is InChI=1S/C19H17Cl2NO3/c1-12-8-14-4-2-3-5-17(14)22(12)18(23)11-25-19(24)9-13-6-7-15(20)10-16(13)21/h2-7,10,12H,8-9,11H2,1H3/t12-/m1/s1. The van der Waals surface area contributed by atoms with E-state index in [-0.39, 0.29) is 25.0 Å². The molecule has 0 saturated heterocycles. The molecule has 0 unspecified atom stereocenters. The van der Waals surface area contributed by atoms with Gasteiger partial charge in [0.25, 0.3) is 5.91 Å². The topological polar surface area (TPSA) is 46.6 Å². The molecule has 2 aromatic carbocycles. The predicted octanol–water partition coefficient (Wildman–Crippen LogP) is 4.06. The third kappa shape index (κ3) is 3.97. The molecule has 3 rings (SSSR count). The van der Waals surface area contributed by atoms with Crippen molar-refractivity contribution in [2.24, 2.45) is 0 Å². The zero-order valence-electron chi connectivity index (χ0n) is 13.7. The van der Waals surface area contributed by atoms with Gasteiger partial charge in [0.2, 0.25) is 0 Å². The van der Waals surface area contributed by atoms with E-state index in [1.165, 1.54) is 0 Å². The van der Waals surface area contributed by atoms with Gasteiger partial charge < -0.3 is 9.64 Å². The van der Waals surface area contributed by atoms with E-state index in [4.69, 9.17) is 27.9 Å². The highest BCUT2D eigenvalue weighted by molar-refractivity contribution is 6.35. The molecule has 0 saturated carbocycles. The smallest absolute Gasteiger partial charge is 0.310 e. The maximum atomic E-state index is 12.5. The molecule has 0 aromatic heterocycles. The number of fused-ring (bicyclic) bond motifs is 1. The van der Waals surface area contributed by atoms with E-state index < -0.39 is 5.97 Å². The Hall–Kier alpha value is -2.04. The lowest BCUT2D eigenvalue weighted by Gasteiger charge is -2.22. The lowest BCUT2D eigenvalue weighted by Crippen LogP contribution is -2.38. The lowest BCUT2D eigenvalue weighted by molar-refractivity contribution is -0.147. The van der Waals surface area contributed by atoms with Gasteiger partial charge >= 0.3 is 5.97 Å². The van der Waals surface area contributed by atoms with Gasteiger partial charge in [-0.3, -0.25) is 9.59 Å². The van der Waals surface area contributed by atoms with Crippen molar-refractivity contribution in [1.82, 2.24) is 0 Å². The summed E-state index contributed by atoms with van der Waals surface area (Å²) in [5.74, 6) is -0.731. The summed E-state index contributed by atoms with van der Waals surface area (Å²) >= 11 is 11.9. The maximum Gasteiger partial charge on any atom is 0.310 e. The number of esters is 1. The van der Waals surface area contributed by atoms with Gasteiger partial charge in [-0.05, 0) is 42.7 Å². The third-order valence-electron chi connectivity index (χ3n) is 4.18. The van der Waals surface area contributed by atoms with Crippen LogP contribution in [0, 0.1) is 0 Å². The Bertz CT molecular complexity index is 822. The second-order valence-corrected chi connectivity index (χ2v) is 6.86. The van der Waals surface area contributed by atoms with Gasteiger partial charge in [-0.1, -0.05) is 47.5 Å². The number of hydrogen-bond acceptors (Lipinski definition) is 3. The fourth-order valence-corrected chi connectivity index (χ4v) is 3.50. The molecule has 4 nitrogen and oxygen atoms in total. The monoisotopic (exact) mass is 377 g/mol. The molecule has 1 atom stereocenters. The Morgan fingerprint density at radius 1 is 1.20 bits per heavy atom. The highest BCUT2D eigenvalue weighted by atomic mass is 35.5. The van der Waals surface area contributed by atoms with E-state index in [0.717, 1.165) is 17.7 Å². The fourth-order valence-electron chi connectivity index (χ4n) is 3.03. The molecular weight excluding hydrogens is 361 g/mol. The van der Waals surface area contributed by atoms with Gasteiger partial charge in [0.15, 0.2) is 6.61 Å². The maximum absolute atomic E-state index is 12.5. The van der Waals surface area contributed by atoms with E-state index in [0.29, 0.717) is 15.6 Å². The number of carbonyl (C=O) groups is 2. The number of ether oxygens (including phenoxy) is 1. The van der Waals surface area contributed by atoms with E-state index in [9.17, 15) is 9.59 Å². The largest absolute Gasteiger partial charge is 0.455 e. The Morgan fingerprint density at radius 3 is 2.72 bits per heavy atom. The van der Waals surface area contributed by atoms with Gasteiger partial charge in [0, 0.05) is 21.8 Å². The van der Waals surface area contributed by atoms with Gasteiger partial charge in [-0.15, -0.1) is 0 Å². The fraction of sp³-hybridized carbons (Fsp3) is 0.263. The van der Waals surface area contributed by atoms with Crippen LogP contribution in [0.4, 0.5) is 5.69 Å². The number of anilines is 1. The number of nitrogens with zero attached hydrogens (tertiary/aromatic N) is 1. The Kier molecular flexibility index (Phi) is 5.30. The van der Waals surface area contributed by atoms with Gasteiger partial charge in [-0.2, -0.15) is 0 Å². The first kappa shape index (κ1) is 17.8. The van der Waals surface area contributed by atoms with Crippen LogP contribution in [0.2, 0.25) is 10.0 Å². The first-order chi connectivity index (χ1) is 12.0. The first-order valence-corrected chi connectivity index (χ1v) is 8.71. The number of amides is 1. The molecule has 0 bridgehead atoms. The van der Waals surface area contributed by atoms with Crippen LogP contribution in [0.5, 0.6) is 0 Å². The second kappa shape index (κ2) is 7.46. The average molecular weight is 378 g/mol. The van der Waals surface area contributed by atoms with Gasteiger partial charge in [-0.25, -0.2) is 0 Å². The second-order valence-electron chi connectivity index (χ2n) is 6.02. The number of halogens is 2. The minimum absolute atomic E-state index is 0.00454. The summed E-state index contributed by atoms with van der Waals surface area (Å²) in [4.78, 5) is 26.2. The van der Waals surface area contributed by atoms with E-state index >= 15 is 0 Å². The highest BCUT2D eigenvalue weighted by Crippen LogP contribution is 2.31. The molecule has 130 valence electrons. The van der Waals surface area contributed by atoms with Gasteiger partial charge in [0.1, 0.15) is 0 Å². The third-order valence-corrected chi connectivity index (χ3v) is 4.77. The minimum Gasteiger partial charge on any atom is -0.455 e. The van der Waals surface area contributed by atoms with Crippen molar-refractivity contribution in [2.45, 2.75) is 25.8 Å². The number of carbonyl (C=O) groups excluding carboxylic acids is 2. The van der Waals surface area contributed by atoms with E-state index in [1.54, 1.807) is 23.1 Å². The molecule has 0 aliphatic carbocycles. The van der Waals surface area contributed by atoms with Crippen LogP contribution in [-0.2, 0) is 27.2 Å². The number of rotatable bonds is 4. The van der Waals surface area contributed by atoms with Crippen LogP contribution in [0.1, 0.15) is 18.1 Å². The van der Waals surface area contributed by atoms with Crippen LogP contribution in [0.15, 0.2) is 42.5 Å². The average Bonchev–Trinajstić information content (AvgIpc) is 2.91. The predicted molar refractivity (Wildman–Crippen MR) is 98.2 cm³/mol. The van der Waals surface area contributed by atoms with Crippen LogP contribution in [0.25, 0.3) is 0 Å². The summed E-state index contributed by atoms with van der Waals surface area (Å²) < 4.78 is 5.15. The first-order valence-electron chi connectivity index (χ1n) is 7.95. The minimum atomic E-state index is -0.502. The van der Waals surface area contributed by atoms with Crippen molar-refractivity contribution in [3.8, 4) is 0 Å².